The Hall–Kier alpha value is -0.980. The second kappa shape index (κ2) is 6.65. The van der Waals surface area contributed by atoms with Gasteiger partial charge in [0.15, 0.2) is 0 Å². The fraction of sp³-hybridized carbons (Fsp3) is 0.615. The van der Waals surface area contributed by atoms with Crippen LogP contribution in [0.25, 0.3) is 0 Å². The summed E-state index contributed by atoms with van der Waals surface area (Å²) < 4.78 is 6.06. The van der Waals surface area contributed by atoms with Crippen LogP contribution in [0.2, 0.25) is 5.02 Å². The lowest BCUT2D eigenvalue weighted by molar-refractivity contribution is 0.477. The van der Waals surface area contributed by atoms with E-state index in [0.29, 0.717) is 5.02 Å². The number of hydrogen-bond donors (Lipinski definition) is 1. The zero-order valence-electron chi connectivity index (χ0n) is 12.2. The predicted octanol–water partition coefficient (Wildman–Crippen LogP) is 3.23. The van der Waals surface area contributed by atoms with Crippen LogP contribution in [0.5, 0.6) is 0 Å². The van der Waals surface area contributed by atoms with Gasteiger partial charge >= 0.3 is 0 Å². The van der Waals surface area contributed by atoms with Crippen molar-refractivity contribution in [3.63, 3.8) is 0 Å². The molecule has 20 heavy (non-hydrogen) atoms. The first-order valence-corrected chi connectivity index (χ1v) is 8.02. The van der Waals surface area contributed by atoms with Gasteiger partial charge in [-0.1, -0.05) is 29.9 Å². The van der Waals surface area contributed by atoms with Crippen molar-refractivity contribution < 1.29 is 0 Å². The van der Waals surface area contributed by atoms with Gasteiger partial charge in [-0.05, 0) is 38.3 Å². The van der Waals surface area contributed by atoms with Gasteiger partial charge in [0, 0.05) is 6.04 Å². The van der Waals surface area contributed by atoms with E-state index in [9.17, 15) is 0 Å². The monoisotopic (exact) mass is 313 g/mol. The molecule has 1 unspecified atom stereocenters. The highest BCUT2D eigenvalue weighted by Gasteiger charge is 2.26. The minimum atomic E-state index is -0.00708. The molecule has 0 saturated heterocycles. The molecular formula is C13H20ClN5S. The minimum absolute atomic E-state index is 0.00708. The van der Waals surface area contributed by atoms with Gasteiger partial charge in [0.1, 0.15) is 0 Å². The second-order valence-corrected chi connectivity index (χ2v) is 6.04. The molecule has 0 aliphatic carbocycles. The lowest BCUT2D eigenvalue weighted by Crippen LogP contribution is -2.26. The maximum atomic E-state index is 6.37. The van der Waals surface area contributed by atoms with Gasteiger partial charge in [0.25, 0.3) is 0 Å². The Morgan fingerprint density at radius 1 is 1.40 bits per heavy atom. The van der Waals surface area contributed by atoms with Crippen LogP contribution in [0.3, 0.4) is 0 Å². The molecule has 7 heteroatoms. The van der Waals surface area contributed by atoms with Crippen LogP contribution in [0.1, 0.15) is 56.0 Å². The maximum absolute atomic E-state index is 6.37. The molecule has 2 aromatic rings. The molecule has 2 rings (SSSR count). The minimum Gasteiger partial charge on any atom is -0.304 e. The van der Waals surface area contributed by atoms with E-state index in [1.54, 1.807) is 6.20 Å². The molecule has 110 valence electrons. The fourth-order valence-corrected chi connectivity index (χ4v) is 3.29. The Bertz CT molecular complexity index is 563. The van der Waals surface area contributed by atoms with E-state index in [1.165, 1.54) is 11.5 Å². The molecule has 0 aromatic carbocycles. The number of hydrogen-bond acceptors (Lipinski definition) is 5. The van der Waals surface area contributed by atoms with Gasteiger partial charge in [-0.15, -0.1) is 5.10 Å². The average molecular weight is 314 g/mol. The first kappa shape index (κ1) is 15.4. The van der Waals surface area contributed by atoms with Crippen molar-refractivity contribution in [1.82, 2.24) is 24.7 Å². The average Bonchev–Trinajstić information content (AvgIpc) is 3.02. The zero-order valence-corrected chi connectivity index (χ0v) is 13.8. The number of aryl methyl sites for hydroxylation is 1. The summed E-state index contributed by atoms with van der Waals surface area (Å²) in [7, 11) is 0. The van der Waals surface area contributed by atoms with Crippen LogP contribution in [0, 0.1) is 0 Å². The maximum Gasteiger partial charge on any atom is 0.0892 e. The van der Waals surface area contributed by atoms with E-state index in [-0.39, 0.29) is 12.1 Å². The Morgan fingerprint density at radius 2 is 2.15 bits per heavy atom. The molecule has 0 aliphatic heterocycles. The highest BCUT2D eigenvalue weighted by Crippen LogP contribution is 2.33. The molecule has 0 fully saturated rings. The van der Waals surface area contributed by atoms with Crippen molar-refractivity contribution in [1.29, 1.82) is 0 Å². The second-order valence-electron chi connectivity index (χ2n) is 4.84. The molecular weight excluding hydrogens is 294 g/mol. The summed E-state index contributed by atoms with van der Waals surface area (Å²) in [6, 6.07) is 0.247. The SMILES string of the molecule is CCNC(c1snnc1CC)c1c(Cl)cnn1C(C)C. The summed E-state index contributed by atoms with van der Waals surface area (Å²) in [5.41, 5.74) is 2.01. The van der Waals surface area contributed by atoms with E-state index in [4.69, 9.17) is 11.6 Å². The first-order valence-electron chi connectivity index (χ1n) is 6.87. The molecule has 5 nitrogen and oxygen atoms in total. The summed E-state index contributed by atoms with van der Waals surface area (Å²) in [6.45, 7) is 9.20. The number of rotatable bonds is 6. The lowest BCUT2D eigenvalue weighted by atomic mass is 10.1. The summed E-state index contributed by atoms with van der Waals surface area (Å²) in [6.07, 6.45) is 2.57. The smallest absolute Gasteiger partial charge is 0.0892 e. The van der Waals surface area contributed by atoms with Crippen molar-refractivity contribution in [2.75, 3.05) is 6.54 Å². The summed E-state index contributed by atoms with van der Waals surface area (Å²) in [5, 5.41) is 12.8. The normalized spacial score (nSPS) is 13.1. The standard InChI is InChI=1S/C13H20ClN5S/c1-5-10-13(20-18-17-10)11(15-6-2)12-9(14)7-16-19(12)8(3)4/h7-8,11,15H,5-6H2,1-4H3. The quantitative estimate of drug-likeness (QED) is 0.889. The number of halogens is 1. The van der Waals surface area contributed by atoms with Gasteiger partial charge in [0.2, 0.25) is 0 Å². The van der Waals surface area contributed by atoms with E-state index in [0.717, 1.165) is 29.2 Å². The highest BCUT2D eigenvalue weighted by molar-refractivity contribution is 7.05. The lowest BCUT2D eigenvalue weighted by Gasteiger charge is -2.21. The van der Waals surface area contributed by atoms with Crippen LogP contribution < -0.4 is 5.32 Å². The number of nitrogens with zero attached hydrogens (tertiary/aromatic N) is 4. The van der Waals surface area contributed by atoms with Gasteiger partial charge in [-0.2, -0.15) is 5.10 Å². The molecule has 0 amide bonds. The molecule has 0 radical (unpaired) electrons. The first-order chi connectivity index (χ1) is 9.60. The molecule has 0 saturated carbocycles. The summed E-state index contributed by atoms with van der Waals surface area (Å²) in [4.78, 5) is 1.12. The van der Waals surface area contributed by atoms with Crippen LogP contribution in [0.4, 0.5) is 0 Å². The third-order valence-corrected chi connectivity index (χ3v) is 4.26. The van der Waals surface area contributed by atoms with Crippen LogP contribution >= 0.6 is 23.1 Å². The zero-order chi connectivity index (χ0) is 14.7. The molecule has 2 aromatic heterocycles. The van der Waals surface area contributed by atoms with E-state index < -0.39 is 0 Å². The largest absolute Gasteiger partial charge is 0.304 e. The fourth-order valence-electron chi connectivity index (χ4n) is 2.23. The Morgan fingerprint density at radius 3 is 2.75 bits per heavy atom. The van der Waals surface area contributed by atoms with Crippen molar-refractivity contribution in [3.05, 3.63) is 27.5 Å². The van der Waals surface area contributed by atoms with Gasteiger partial charge in [-0.3, -0.25) is 4.68 Å². The highest BCUT2D eigenvalue weighted by atomic mass is 35.5. The van der Waals surface area contributed by atoms with Gasteiger partial charge < -0.3 is 5.32 Å². The third-order valence-electron chi connectivity index (χ3n) is 3.14. The van der Waals surface area contributed by atoms with Crippen LogP contribution in [-0.2, 0) is 6.42 Å². The van der Waals surface area contributed by atoms with Crippen LogP contribution in [-0.4, -0.2) is 25.9 Å². The van der Waals surface area contributed by atoms with Crippen LogP contribution in [0.15, 0.2) is 6.20 Å². The van der Waals surface area contributed by atoms with Crippen molar-refractivity contribution in [3.8, 4) is 0 Å². The summed E-state index contributed by atoms with van der Waals surface area (Å²) in [5.74, 6) is 0. The predicted molar refractivity (Wildman–Crippen MR) is 82.4 cm³/mol. The molecule has 1 N–H and O–H groups in total. The van der Waals surface area contributed by atoms with Crippen molar-refractivity contribution in [2.45, 2.75) is 46.2 Å². The molecule has 0 bridgehead atoms. The molecule has 1 atom stereocenters. The van der Waals surface area contributed by atoms with Gasteiger partial charge in [0.05, 0.1) is 33.5 Å². The third kappa shape index (κ3) is 2.87. The summed E-state index contributed by atoms with van der Waals surface area (Å²) >= 11 is 7.80. The Labute approximate surface area is 128 Å². The van der Waals surface area contributed by atoms with E-state index in [2.05, 4.69) is 47.7 Å². The van der Waals surface area contributed by atoms with Gasteiger partial charge in [-0.25, -0.2) is 0 Å². The van der Waals surface area contributed by atoms with Crippen molar-refractivity contribution >= 4 is 23.1 Å². The van der Waals surface area contributed by atoms with Crippen molar-refractivity contribution in [2.24, 2.45) is 0 Å². The Kier molecular flexibility index (Phi) is 5.12. The van der Waals surface area contributed by atoms with E-state index in [1.807, 2.05) is 4.68 Å². The number of nitrogens with one attached hydrogen (secondary N) is 1. The molecule has 0 aliphatic rings. The Balaban J connectivity index is 2.51. The number of aromatic nitrogens is 4. The molecule has 2 heterocycles. The topological polar surface area (TPSA) is 55.6 Å². The van der Waals surface area contributed by atoms with E-state index >= 15 is 0 Å². The molecule has 0 spiro atoms.